The van der Waals surface area contributed by atoms with Crippen molar-refractivity contribution < 1.29 is 9.50 Å². The van der Waals surface area contributed by atoms with Crippen LogP contribution >= 0.6 is 11.6 Å². The van der Waals surface area contributed by atoms with Crippen molar-refractivity contribution in [3.8, 4) is 0 Å². The van der Waals surface area contributed by atoms with E-state index in [4.69, 9.17) is 11.6 Å². The number of rotatable bonds is 3. The van der Waals surface area contributed by atoms with Crippen molar-refractivity contribution in [1.29, 1.82) is 0 Å². The van der Waals surface area contributed by atoms with Gasteiger partial charge < -0.3 is 10.4 Å². The van der Waals surface area contributed by atoms with Crippen LogP contribution in [0.1, 0.15) is 36.1 Å². The fraction of sp³-hybridized carbons (Fsp3) is 0.294. The Hall–Kier alpha value is -1.42. The molecule has 1 aliphatic heterocycles. The molecular formula is C17H17ClFNO. The molecule has 2 aromatic carbocycles. The maximum Gasteiger partial charge on any atom is 0.123 e. The lowest BCUT2D eigenvalue weighted by atomic mass is 10.0. The van der Waals surface area contributed by atoms with E-state index in [1.807, 2.05) is 24.3 Å². The van der Waals surface area contributed by atoms with Crippen molar-refractivity contribution in [2.45, 2.75) is 31.0 Å². The second-order valence-corrected chi connectivity index (χ2v) is 5.89. The van der Waals surface area contributed by atoms with Gasteiger partial charge >= 0.3 is 0 Å². The van der Waals surface area contributed by atoms with Crippen molar-refractivity contribution in [2.75, 3.05) is 0 Å². The van der Waals surface area contributed by atoms with E-state index in [0.29, 0.717) is 10.6 Å². The molecule has 4 heteroatoms. The SMILES string of the molecule is O[C@H](c1cccc(F)c1)C1CC[C@@H](c2ccc(Cl)cc2)N1. The zero-order valence-corrected chi connectivity index (χ0v) is 12.2. The maximum absolute atomic E-state index is 13.2. The molecular weight excluding hydrogens is 289 g/mol. The van der Waals surface area contributed by atoms with Gasteiger partial charge in [-0.1, -0.05) is 35.9 Å². The summed E-state index contributed by atoms with van der Waals surface area (Å²) >= 11 is 5.90. The molecule has 1 unspecified atom stereocenters. The van der Waals surface area contributed by atoms with E-state index in [9.17, 15) is 9.50 Å². The summed E-state index contributed by atoms with van der Waals surface area (Å²) in [5, 5.41) is 14.5. The Morgan fingerprint density at radius 2 is 1.90 bits per heavy atom. The minimum atomic E-state index is -0.696. The number of hydrogen-bond donors (Lipinski definition) is 2. The van der Waals surface area contributed by atoms with Gasteiger partial charge in [-0.2, -0.15) is 0 Å². The highest BCUT2D eigenvalue weighted by molar-refractivity contribution is 6.30. The third-order valence-electron chi connectivity index (χ3n) is 4.03. The Morgan fingerprint density at radius 3 is 2.62 bits per heavy atom. The van der Waals surface area contributed by atoms with Gasteiger partial charge in [0.05, 0.1) is 6.10 Å². The van der Waals surface area contributed by atoms with E-state index in [1.54, 1.807) is 12.1 Å². The highest BCUT2D eigenvalue weighted by Gasteiger charge is 2.30. The molecule has 0 saturated carbocycles. The van der Waals surface area contributed by atoms with Crippen LogP contribution in [0.5, 0.6) is 0 Å². The molecule has 21 heavy (non-hydrogen) atoms. The molecule has 3 atom stereocenters. The Morgan fingerprint density at radius 1 is 1.14 bits per heavy atom. The summed E-state index contributed by atoms with van der Waals surface area (Å²) in [6.07, 6.45) is 1.10. The van der Waals surface area contributed by atoms with E-state index in [-0.39, 0.29) is 17.9 Å². The van der Waals surface area contributed by atoms with Crippen LogP contribution in [0.25, 0.3) is 0 Å². The highest BCUT2D eigenvalue weighted by atomic mass is 35.5. The molecule has 0 spiro atoms. The molecule has 110 valence electrons. The Labute approximate surface area is 128 Å². The van der Waals surface area contributed by atoms with Gasteiger partial charge in [-0.05, 0) is 48.2 Å². The lowest BCUT2D eigenvalue weighted by Gasteiger charge is -2.20. The number of aliphatic hydroxyl groups is 1. The molecule has 0 bridgehead atoms. The van der Waals surface area contributed by atoms with E-state index >= 15 is 0 Å². The van der Waals surface area contributed by atoms with Crippen molar-refractivity contribution in [2.24, 2.45) is 0 Å². The Bertz CT molecular complexity index is 616. The van der Waals surface area contributed by atoms with Crippen LogP contribution in [0.4, 0.5) is 4.39 Å². The fourth-order valence-corrected chi connectivity index (χ4v) is 3.03. The summed E-state index contributed by atoms with van der Waals surface area (Å²) in [5.74, 6) is -0.321. The second kappa shape index (κ2) is 6.14. The van der Waals surface area contributed by atoms with Crippen LogP contribution in [0.15, 0.2) is 48.5 Å². The van der Waals surface area contributed by atoms with Crippen LogP contribution in [-0.4, -0.2) is 11.1 Å². The van der Waals surface area contributed by atoms with Gasteiger partial charge in [-0.3, -0.25) is 0 Å². The maximum atomic E-state index is 13.2. The van der Waals surface area contributed by atoms with Gasteiger partial charge in [0.1, 0.15) is 5.82 Å². The molecule has 0 radical (unpaired) electrons. The van der Waals surface area contributed by atoms with Crippen molar-refractivity contribution in [3.05, 3.63) is 70.5 Å². The van der Waals surface area contributed by atoms with Gasteiger partial charge in [0.15, 0.2) is 0 Å². The third kappa shape index (κ3) is 3.26. The van der Waals surface area contributed by atoms with Gasteiger partial charge in [0.25, 0.3) is 0 Å². The molecule has 0 aromatic heterocycles. The minimum absolute atomic E-state index is 0.0625. The summed E-state index contributed by atoms with van der Waals surface area (Å²) < 4.78 is 13.2. The fourth-order valence-electron chi connectivity index (χ4n) is 2.90. The van der Waals surface area contributed by atoms with Crippen LogP contribution < -0.4 is 5.32 Å². The van der Waals surface area contributed by atoms with E-state index in [0.717, 1.165) is 18.4 Å². The first-order valence-electron chi connectivity index (χ1n) is 7.08. The number of hydrogen-bond acceptors (Lipinski definition) is 2. The average Bonchev–Trinajstić information content (AvgIpc) is 2.97. The summed E-state index contributed by atoms with van der Waals surface area (Å²) in [6, 6.07) is 14.0. The predicted octanol–water partition coefficient (Wildman–Crippen LogP) is 4.01. The average molecular weight is 306 g/mol. The van der Waals surface area contributed by atoms with E-state index < -0.39 is 6.10 Å². The summed E-state index contributed by atoms with van der Waals surface area (Å²) in [5.41, 5.74) is 1.78. The topological polar surface area (TPSA) is 32.3 Å². The molecule has 0 amide bonds. The van der Waals surface area contributed by atoms with E-state index in [1.165, 1.54) is 12.1 Å². The van der Waals surface area contributed by atoms with Gasteiger partial charge in [-0.25, -0.2) is 4.39 Å². The number of aliphatic hydroxyl groups excluding tert-OH is 1. The van der Waals surface area contributed by atoms with E-state index in [2.05, 4.69) is 5.32 Å². The molecule has 3 rings (SSSR count). The molecule has 2 N–H and O–H groups in total. The number of nitrogens with one attached hydrogen (secondary N) is 1. The van der Waals surface area contributed by atoms with Crippen LogP contribution in [0, 0.1) is 5.82 Å². The van der Waals surface area contributed by atoms with Gasteiger partial charge in [0.2, 0.25) is 0 Å². The zero-order valence-electron chi connectivity index (χ0n) is 11.5. The smallest absolute Gasteiger partial charge is 0.123 e. The monoisotopic (exact) mass is 305 g/mol. The Kier molecular flexibility index (Phi) is 4.24. The number of benzene rings is 2. The lowest BCUT2D eigenvalue weighted by Crippen LogP contribution is -2.30. The van der Waals surface area contributed by atoms with Crippen molar-refractivity contribution in [1.82, 2.24) is 5.32 Å². The first kappa shape index (κ1) is 14.5. The first-order valence-corrected chi connectivity index (χ1v) is 7.46. The second-order valence-electron chi connectivity index (χ2n) is 5.45. The quantitative estimate of drug-likeness (QED) is 0.898. The minimum Gasteiger partial charge on any atom is -0.387 e. The normalized spacial score (nSPS) is 23.2. The Balaban J connectivity index is 1.70. The summed E-state index contributed by atoms with van der Waals surface area (Å²) in [6.45, 7) is 0. The predicted molar refractivity (Wildman–Crippen MR) is 81.7 cm³/mol. The van der Waals surface area contributed by atoms with Crippen LogP contribution in [0.2, 0.25) is 5.02 Å². The first-order chi connectivity index (χ1) is 10.1. The molecule has 1 fully saturated rings. The standard InChI is InChI=1S/C17H17ClFNO/c18-13-6-4-11(5-7-13)15-8-9-16(20-15)17(21)12-2-1-3-14(19)10-12/h1-7,10,15-17,20-21H,8-9H2/t15-,16?,17+/m0/s1. The van der Waals surface area contributed by atoms with Crippen LogP contribution in [0.3, 0.4) is 0 Å². The highest BCUT2D eigenvalue weighted by Crippen LogP contribution is 2.32. The van der Waals surface area contributed by atoms with Crippen molar-refractivity contribution in [3.63, 3.8) is 0 Å². The lowest BCUT2D eigenvalue weighted by molar-refractivity contribution is 0.135. The zero-order chi connectivity index (χ0) is 14.8. The molecule has 1 saturated heterocycles. The molecule has 1 aliphatic rings. The molecule has 1 heterocycles. The summed E-state index contributed by atoms with van der Waals surface area (Å²) in [7, 11) is 0. The molecule has 0 aliphatic carbocycles. The van der Waals surface area contributed by atoms with Crippen LogP contribution in [-0.2, 0) is 0 Å². The molecule has 2 nitrogen and oxygen atoms in total. The molecule has 2 aromatic rings. The summed E-state index contributed by atoms with van der Waals surface area (Å²) in [4.78, 5) is 0. The third-order valence-corrected chi connectivity index (χ3v) is 4.28. The van der Waals surface area contributed by atoms with Gasteiger partial charge in [0, 0.05) is 17.1 Å². The number of halogens is 2. The van der Waals surface area contributed by atoms with Gasteiger partial charge in [-0.15, -0.1) is 0 Å². The largest absolute Gasteiger partial charge is 0.387 e. The van der Waals surface area contributed by atoms with Crippen molar-refractivity contribution >= 4 is 11.6 Å².